The summed E-state index contributed by atoms with van der Waals surface area (Å²) in [6.45, 7) is 4.79. The van der Waals surface area contributed by atoms with Gasteiger partial charge in [-0.05, 0) is 65.8 Å². The van der Waals surface area contributed by atoms with Gasteiger partial charge in [0, 0.05) is 49.3 Å². The number of aromatic carboxylic acids is 1. The van der Waals surface area contributed by atoms with Crippen molar-refractivity contribution in [2.75, 3.05) is 11.4 Å². The number of hydrogen-bond donors (Lipinski definition) is 0. The predicted octanol–water partition coefficient (Wildman–Crippen LogP) is 1.45. The zero-order valence-corrected chi connectivity index (χ0v) is 22.1. The van der Waals surface area contributed by atoms with Crippen LogP contribution in [0.25, 0.3) is 22.2 Å². The van der Waals surface area contributed by atoms with E-state index in [0.717, 1.165) is 40.7 Å². The van der Waals surface area contributed by atoms with E-state index >= 15 is 0 Å². The molecule has 0 aliphatic carbocycles. The molecule has 4 aromatic rings. The van der Waals surface area contributed by atoms with Crippen LogP contribution in [0, 0.1) is 0 Å². The van der Waals surface area contributed by atoms with Crippen LogP contribution >= 0.6 is 0 Å². The molecule has 7 nitrogen and oxygen atoms in total. The summed E-state index contributed by atoms with van der Waals surface area (Å²) in [5, 5.41) is 11.1. The molecule has 0 spiro atoms. The number of benzene rings is 2. The van der Waals surface area contributed by atoms with E-state index < -0.39 is 12.4 Å². The summed E-state index contributed by atoms with van der Waals surface area (Å²) >= 11 is 0. The Morgan fingerprint density at radius 2 is 1.79 bits per heavy atom. The molecule has 0 N–H and O–H groups in total. The number of carboxylic acids is 1. The number of fused-ring (bicyclic) bond motifs is 2. The normalized spacial score (nSPS) is 13.2. The van der Waals surface area contributed by atoms with Crippen LogP contribution in [0.15, 0.2) is 47.4 Å². The minimum absolute atomic E-state index is 0. The standard InChI is InChI=1S/C28H28F2N4O3.Li/c1-15(2)19-11-18(12-24-25(19)33(4)28(37)32(24)3)34-9-5-6-16-10-20(21(26(29)30)13-23(16)34)17-7-8-22(27(35)36)31-14-17;/h7-8,10-15,26H,5-6,9H2,1-4H3,(H,35,36);/q;+1/p-1. The summed E-state index contributed by atoms with van der Waals surface area (Å²) in [4.78, 5) is 29.6. The molecule has 0 bridgehead atoms. The number of carbonyl (C=O) groups is 1. The number of rotatable bonds is 5. The summed E-state index contributed by atoms with van der Waals surface area (Å²) < 4.78 is 31.9. The maximum atomic E-state index is 14.3. The third-order valence-corrected chi connectivity index (χ3v) is 7.20. The van der Waals surface area contributed by atoms with E-state index in [1.165, 1.54) is 24.4 Å². The van der Waals surface area contributed by atoms with Crippen molar-refractivity contribution in [3.05, 3.63) is 75.5 Å². The minimum Gasteiger partial charge on any atom is -0.543 e. The molecule has 0 saturated heterocycles. The maximum Gasteiger partial charge on any atom is 1.00 e. The van der Waals surface area contributed by atoms with Crippen LogP contribution in [-0.4, -0.2) is 26.6 Å². The quantitative estimate of drug-likeness (QED) is 0.378. The molecule has 1 aliphatic rings. The molecular formula is C28H27F2LiN4O3. The van der Waals surface area contributed by atoms with Gasteiger partial charge in [0.05, 0.1) is 22.7 Å². The SMILES string of the molecule is CC(C)c1cc(N2CCCc3cc(-c4ccc(C(=O)[O-])nc4)c(C(F)F)cc32)cc2c1n(C)c(=O)n2C.[Li+]. The fraction of sp³-hybridized carbons (Fsp3) is 0.321. The number of pyridine rings is 1. The van der Waals surface area contributed by atoms with Gasteiger partial charge in [0.2, 0.25) is 0 Å². The van der Waals surface area contributed by atoms with E-state index in [1.54, 1.807) is 29.3 Å². The van der Waals surface area contributed by atoms with Crippen LogP contribution in [0.5, 0.6) is 0 Å². The fourth-order valence-electron chi connectivity index (χ4n) is 5.29. The van der Waals surface area contributed by atoms with Crippen LogP contribution in [-0.2, 0) is 20.5 Å². The molecule has 5 rings (SSSR count). The van der Waals surface area contributed by atoms with Crippen molar-refractivity contribution in [1.82, 2.24) is 14.1 Å². The molecule has 2 aromatic heterocycles. The number of nitrogens with zero attached hydrogens (tertiary/aromatic N) is 4. The fourth-order valence-corrected chi connectivity index (χ4v) is 5.29. The first-order valence-electron chi connectivity index (χ1n) is 12.2. The Balaban J connectivity index is 0.00000336. The number of carboxylic acid groups (broad SMARTS) is 1. The van der Waals surface area contributed by atoms with Crippen LogP contribution in [0.2, 0.25) is 0 Å². The van der Waals surface area contributed by atoms with Crippen molar-refractivity contribution in [2.24, 2.45) is 14.1 Å². The van der Waals surface area contributed by atoms with Gasteiger partial charge in [-0.2, -0.15) is 0 Å². The van der Waals surface area contributed by atoms with Crippen LogP contribution in [0.4, 0.5) is 20.2 Å². The molecule has 0 radical (unpaired) electrons. The summed E-state index contributed by atoms with van der Waals surface area (Å²) in [5.41, 5.74) is 5.41. The number of alkyl halides is 2. The molecule has 2 aromatic carbocycles. The van der Waals surface area contributed by atoms with E-state index in [4.69, 9.17) is 0 Å². The average molecular weight is 512 g/mol. The van der Waals surface area contributed by atoms with E-state index in [9.17, 15) is 23.5 Å². The van der Waals surface area contributed by atoms with E-state index in [0.29, 0.717) is 23.4 Å². The van der Waals surface area contributed by atoms with Crippen molar-refractivity contribution in [3.8, 4) is 11.1 Å². The maximum absolute atomic E-state index is 14.3. The largest absolute Gasteiger partial charge is 1.00 e. The van der Waals surface area contributed by atoms with Gasteiger partial charge in [0.25, 0.3) is 6.43 Å². The molecule has 1 aliphatic heterocycles. The zero-order chi connectivity index (χ0) is 26.6. The molecule has 0 fully saturated rings. The first-order chi connectivity index (χ1) is 17.6. The Kier molecular flexibility index (Phi) is 7.55. The first kappa shape index (κ1) is 27.6. The van der Waals surface area contributed by atoms with Gasteiger partial charge in [-0.25, -0.2) is 13.6 Å². The third-order valence-electron chi connectivity index (χ3n) is 7.20. The van der Waals surface area contributed by atoms with Crippen LogP contribution in [0.1, 0.15) is 59.8 Å². The van der Waals surface area contributed by atoms with Crippen molar-refractivity contribution >= 4 is 28.4 Å². The molecule has 0 saturated carbocycles. The number of aryl methyl sites for hydroxylation is 3. The van der Waals surface area contributed by atoms with Gasteiger partial charge in [0.15, 0.2) is 0 Å². The number of carbonyl (C=O) groups excluding carboxylic acids is 1. The molecule has 10 heteroatoms. The Morgan fingerprint density at radius 1 is 1.05 bits per heavy atom. The van der Waals surface area contributed by atoms with Gasteiger partial charge in [-0.1, -0.05) is 19.9 Å². The van der Waals surface area contributed by atoms with E-state index in [-0.39, 0.29) is 41.7 Å². The Bertz CT molecular complexity index is 1590. The van der Waals surface area contributed by atoms with Crippen molar-refractivity contribution in [2.45, 2.75) is 39.0 Å². The van der Waals surface area contributed by atoms with Crippen LogP contribution < -0.4 is 34.6 Å². The van der Waals surface area contributed by atoms with Gasteiger partial charge < -0.3 is 14.8 Å². The van der Waals surface area contributed by atoms with Crippen molar-refractivity contribution < 1.29 is 37.5 Å². The smallest absolute Gasteiger partial charge is 0.543 e. The third kappa shape index (κ3) is 4.54. The average Bonchev–Trinajstić information content (AvgIpc) is 3.10. The second-order valence-corrected chi connectivity index (χ2v) is 9.80. The number of aromatic nitrogens is 3. The summed E-state index contributed by atoms with van der Waals surface area (Å²) in [7, 11) is 3.50. The Hall–Kier alpha value is -3.41. The molecule has 3 heterocycles. The van der Waals surface area contributed by atoms with Crippen molar-refractivity contribution in [1.29, 1.82) is 0 Å². The molecule has 0 amide bonds. The molecular weight excluding hydrogens is 485 g/mol. The van der Waals surface area contributed by atoms with Crippen LogP contribution in [0.3, 0.4) is 0 Å². The van der Waals surface area contributed by atoms with Gasteiger partial charge in [-0.15, -0.1) is 0 Å². The summed E-state index contributed by atoms with van der Waals surface area (Å²) in [6, 6.07) is 10.0. The monoisotopic (exact) mass is 512 g/mol. The number of imidazole rings is 1. The number of hydrogen-bond acceptors (Lipinski definition) is 5. The van der Waals surface area contributed by atoms with Gasteiger partial charge >= 0.3 is 24.6 Å². The number of anilines is 2. The predicted molar refractivity (Wildman–Crippen MR) is 137 cm³/mol. The second-order valence-electron chi connectivity index (χ2n) is 9.80. The second kappa shape index (κ2) is 10.4. The molecule has 38 heavy (non-hydrogen) atoms. The van der Waals surface area contributed by atoms with Gasteiger partial charge in [0.1, 0.15) is 0 Å². The zero-order valence-electron chi connectivity index (χ0n) is 22.1. The molecule has 192 valence electrons. The Labute approximate surface area is 230 Å². The topological polar surface area (TPSA) is 83.2 Å². The van der Waals surface area contributed by atoms with E-state index in [1.807, 2.05) is 6.07 Å². The number of halogens is 2. The summed E-state index contributed by atoms with van der Waals surface area (Å²) in [5.74, 6) is -1.27. The molecule has 0 atom stereocenters. The first-order valence-corrected chi connectivity index (χ1v) is 12.2. The van der Waals surface area contributed by atoms with Gasteiger partial charge in [-0.3, -0.25) is 14.1 Å². The van der Waals surface area contributed by atoms with E-state index in [2.05, 4.69) is 29.8 Å². The minimum atomic E-state index is -2.74. The van der Waals surface area contributed by atoms with Crippen molar-refractivity contribution in [3.63, 3.8) is 0 Å². The summed E-state index contributed by atoms with van der Waals surface area (Å²) in [6.07, 6.45) is 0.0905. The Morgan fingerprint density at radius 3 is 2.39 bits per heavy atom. The molecule has 0 unspecified atom stereocenters.